The van der Waals surface area contributed by atoms with E-state index in [2.05, 4.69) is 21.3 Å². The Morgan fingerprint density at radius 1 is 1.19 bits per heavy atom. The van der Waals surface area contributed by atoms with Gasteiger partial charge in [0.25, 0.3) is 0 Å². The molecule has 0 amide bonds. The average Bonchev–Trinajstić information content (AvgIpc) is 3.24. The van der Waals surface area contributed by atoms with Gasteiger partial charge >= 0.3 is 0 Å². The lowest BCUT2D eigenvalue weighted by Crippen LogP contribution is -2.24. The van der Waals surface area contributed by atoms with Gasteiger partial charge in [-0.3, -0.25) is 0 Å². The van der Waals surface area contributed by atoms with E-state index in [1.807, 2.05) is 24.3 Å². The fraction of sp³-hybridized carbons (Fsp3) is 0.471. The molecule has 2 heterocycles. The van der Waals surface area contributed by atoms with Crippen molar-refractivity contribution in [1.82, 2.24) is 9.88 Å². The number of nitrogens with one attached hydrogen (secondary N) is 1. The molecule has 1 aliphatic heterocycles. The Hall–Kier alpha value is -1.32. The summed E-state index contributed by atoms with van der Waals surface area (Å²) in [5.41, 5.74) is 0.996. The van der Waals surface area contributed by atoms with Gasteiger partial charge in [-0.15, -0.1) is 0 Å². The summed E-state index contributed by atoms with van der Waals surface area (Å²) in [6.07, 6.45) is 4.14. The maximum Gasteiger partial charge on any atom is 0.126 e. The van der Waals surface area contributed by atoms with Crippen LogP contribution in [0.3, 0.4) is 0 Å². The molecule has 2 aromatic rings. The maximum atomic E-state index is 6.00. The van der Waals surface area contributed by atoms with Gasteiger partial charge < -0.3 is 10.2 Å². The summed E-state index contributed by atoms with van der Waals surface area (Å²) in [5, 5.41) is 5.35. The minimum atomic E-state index is 0.758. The number of halogens is 1. The predicted octanol–water partition coefficient (Wildman–Crippen LogP) is 3.78. The molecule has 0 bridgehead atoms. The highest BCUT2D eigenvalue weighted by atomic mass is 35.5. The van der Waals surface area contributed by atoms with E-state index in [0.29, 0.717) is 0 Å². The number of hydrogen-bond donors (Lipinski definition) is 1. The molecule has 1 atom stereocenters. The molecule has 0 radical (unpaired) electrons. The van der Waals surface area contributed by atoms with Crippen LogP contribution in [0.4, 0.5) is 5.82 Å². The van der Waals surface area contributed by atoms with Crippen molar-refractivity contribution in [2.24, 2.45) is 5.92 Å². The van der Waals surface area contributed by atoms with E-state index in [4.69, 9.17) is 11.6 Å². The standard InChI is InChI=1S/C17H20ClN3/c18-14-2-5-16-13(9-14)1-6-17(20-16)19-10-12-7-8-21(11-12)15-3-4-15/h1-2,5-6,9,12,15H,3-4,7-8,10-11H2,(H,19,20)/t12-/m1/s1. The molecule has 2 fully saturated rings. The van der Waals surface area contributed by atoms with Crippen molar-refractivity contribution in [3.05, 3.63) is 35.4 Å². The third-order valence-corrected chi connectivity index (χ3v) is 4.84. The number of pyridine rings is 1. The summed E-state index contributed by atoms with van der Waals surface area (Å²) < 4.78 is 0. The molecule has 2 aliphatic rings. The first-order chi connectivity index (χ1) is 10.3. The van der Waals surface area contributed by atoms with E-state index in [9.17, 15) is 0 Å². The normalized spacial score (nSPS) is 22.8. The zero-order valence-electron chi connectivity index (χ0n) is 12.1. The molecule has 1 saturated carbocycles. The van der Waals surface area contributed by atoms with E-state index < -0.39 is 0 Å². The number of anilines is 1. The molecular formula is C17H20ClN3. The number of hydrogen-bond acceptors (Lipinski definition) is 3. The van der Waals surface area contributed by atoms with E-state index >= 15 is 0 Å². The lowest BCUT2D eigenvalue weighted by Gasteiger charge is -2.15. The van der Waals surface area contributed by atoms with Crippen LogP contribution in [0.25, 0.3) is 10.9 Å². The Morgan fingerprint density at radius 2 is 2.10 bits per heavy atom. The number of likely N-dealkylation sites (tertiary alicyclic amines) is 1. The minimum absolute atomic E-state index is 0.758. The quantitative estimate of drug-likeness (QED) is 0.931. The van der Waals surface area contributed by atoms with Gasteiger partial charge in [-0.2, -0.15) is 0 Å². The zero-order chi connectivity index (χ0) is 14.2. The Kier molecular flexibility index (Phi) is 3.48. The molecule has 21 heavy (non-hydrogen) atoms. The first-order valence-corrected chi connectivity index (χ1v) is 8.20. The fourth-order valence-electron chi connectivity index (χ4n) is 3.24. The molecular weight excluding hydrogens is 282 g/mol. The molecule has 4 heteroatoms. The van der Waals surface area contributed by atoms with Crippen LogP contribution in [0.15, 0.2) is 30.3 Å². The molecule has 110 valence electrons. The monoisotopic (exact) mass is 301 g/mol. The second-order valence-corrected chi connectivity index (χ2v) is 6.73. The van der Waals surface area contributed by atoms with Gasteiger partial charge in [0.15, 0.2) is 0 Å². The van der Waals surface area contributed by atoms with Crippen molar-refractivity contribution in [1.29, 1.82) is 0 Å². The van der Waals surface area contributed by atoms with Crippen molar-refractivity contribution in [3.63, 3.8) is 0 Å². The molecule has 1 saturated heterocycles. The lowest BCUT2D eigenvalue weighted by molar-refractivity contribution is 0.316. The van der Waals surface area contributed by atoms with Crippen LogP contribution in [0.5, 0.6) is 0 Å². The van der Waals surface area contributed by atoms with E-state index in [0.717, 1.165) is 40.2 Å². The lowest BCUT2D eigenvalue weighted by atomic mass is 10.1. The molecule has 1 aromatic heterocycles. The summed E-state index contributed by atoms with van der Waals surface area (Å²) in [4.78, 5) is 7.32. The summed E-state index contributed by atoms with van der Waals surface area (Å²) in [6, 6.07) is 10.9. The summed E-state index contributed by atoms with van der Waals surface area (Å²) >= 11 is 6.00. The molecule has 1 N–H and O–H groups in total. The summed E-state index contributed by atoms with van der Waals surface area (Å²) in [7, 11) is 0. The van der Waals surface area contributed by atoms with Gasteiger partial charge in [-0.05, 0) is 62.1 Å². The number of rotatable bonds is 4. The Labute approximate surface area is 130 Å². The van der Waals surface area contributed by atoms with E-state index in [1.165, 1.54) is 32.4 Å². The van der Waals surface area contributed by atoms with Crippen LogP contribution in [-0.4, -0.2) is 35.6 Å². The van der Waals surface area contributed by atoms with Crippen molar-refractivity contribution >= 4 is 28.3 Å². The van der Waals surface area contributed by atoms with Gasteiger partial charge in [0.05, 0.1) is 5.52 Å². The van der Waals surface area contributed by atoms with Gasteiger partial charge in [-0.1, -0.05) is 11.6 Å². The number of nitrogens with zero attached hydrogens (tertiary/aromatic N) is 2. The highest BCUT2D eigenvalue weighted by Gasteiger charge is 2.34. The van der Waals surface area contributed by atoms with Gasteiger partial charge in [0, 0.05) is 29.5 Å². The Bertz CT molecular complexity index is 654. The Morgan fingerprint density at radius 3 is 2.95 bits per heavy atom. The average molecular weight is 302 g/mol. The molecule has 3 nitrogen and oxygen atoms in total. The van der Waals surface area contributed by atoms with E-state index in [-0.39, 0.29) is 0 Å². The fourth-order valence-corrected chi connectivity index (χ4v) is 3.42. The predicted molar refractivity (Wildman–Crippen MR) is 87.9 cm³/mol. The molecule has 4 rings (SSSR count). The number of aromatic nitrogens is 1. The van der Waals surface area contributed by atoms with Crippen LogP contribution in [0.1, 0.15) is 19.3 Å². The third-order valence-electron chi connectivity index (χ3n) is 4.60. The largest absolute Gasteiger partial charge is 0.370 e. The van der Waals surface area contributed by atoms with Crippen molar-refractivity contribution < 1.29 is 0 Å². The Balaban J connectivity index is 1.39. The number of fused-ring (bicyclic) bond motifs is 1. The van der Waals surface area contributed by atoms with Crippen molar-refractivity contribution in [3.8, 4) is 0 Å². The van der Waals surface area contributed by atoms with Crippen LogP contribution < -0.4 is 5.32 Å². The van der Waals surface area contributed by atoms with E-state index in [1.54, 1.807) is 0 Å². The minimum Gasteiger partial charge on any atom is -0.370 e. The second-order valence-electron chi connectivity index (χ2n) is 6.30. The highest BCUT2D eigenvalue weighted by molar-refractivity contribution is 6.31. The zero-order valence-corrected chi connectivity index (χ0v) is 12.8. The summed E-state index contributed by atoms with van der Waals surface area (Å²) in [5.74, 6) is 1.73. The van der Waals surface area contributed by atoms with Crippen LogP contribution in [-0.2, 0) is 0 Å². The first kappa shape index (κ1) is 13.4. The van der Waals surface area contributed by atoms with Crippen LogP contribution in [0.2, 0.25) is 5.02 Å². The SMILES string of the molecule is Clc1ccc2nc(NC[C@H]3CCN(C4CC4)C3)ccc2c1. The molecule has 0 spiro atoms. The highest BCUT2D eigenvalue weighted by Crippen LogP contribution is 2.31. The molecule has 0 unspecified atom stereocenters. The first-order valence-electron chi connectivity index (χ1n) is 7.82. The van der Waals surface area contributed by atoms with Gasteiger partial charge in [0.2, 0.25) is 0 Å². The molecule has 1 aliphatic carbocycles. The summed E-state index contributed by atoms with van der Waals surface area (Å²) in [6.45, 7) is 3.55. The van der Waals surface area contributed by atoms with Crippen LogP contribution in [0, 0.1) is 5.92 Å². The van der Waals surface area contributed by atoms with Crippen molar-refractivity contribution in [2.45, 2.75) is 25.3 Å². The van der Waals surface area contributed by atoms with Crippen molar-refractivity contribution in [2.75, 3.05) is 25.0 Å². The second kappa shape index (κ2) is 5.47. The maximum absolute atomic E-state index is 6.00. The van der Waals surface area contributed by atoms with Crippen LogP contribution >= 0.6 is 11.6 Å². The smallest absolute Gasteiger partial charge is 0.126 e. The third kappa shape index (κ3) is 2.99. The molecule has 1 aromatic carbocycles. The number of benzene rings is 1. The van der Waals surface area contributed by atoms with Gasteiger partial charge in [-0.25, -0.2) is 4.98 Å². The van der Waals surface area contributed by atoms with Gasteiger partial charge in [0.1, 0.15) is 5.82 Å². The topological polar surface area (TPSA) is 28.2 Å².